The van der Waals surface area contributed by atoms with E-state index in [4.69, 9.17) is 20.3 Å². The Morgan fingerprint density at radius 3 is 2.78 bits per heavy atom. The molecule has 1 aliphatic heterocycles. The average molecular weight is 435 g/mol. The normalized spacial score (nSPS) is 14.8. The van der Waals surface area contributed by atoms with E-state index in [2.05, 4.69) is 25.2 Å². The SMILES string of the molecule is COc1ncc(-c2ccc3ncc(-c4cn(CCCN5CCOCC5)nn4)n3n2)cc1N. The third-order valence-electron chi connectivity index (χ3n) is 5.50. The van der Waals surface area contributed by atoms with Crippen molar-refractivity contribution >= 4 is 11.3 Å². The fourth-order valence-electron chi connectivity index (χ4n) is 3.79. The van der Waals surface area contributed by atoms with E-state index in [1.807, 2.05) is 23.0 Å². The van der Waals surface area contributed by atoms with Crippen LogP contribution in [0.4, 0.5) is 5.69 Å². The van der Waals surface area contributed by atoms with E-state index in [1.54, 1.807) is 23.0 Å². The zero-order valence-corrected chi connectivity index (χ0v) is 17.9. The molecule has 4 aromatic rings. The molecule has 0 radical (unpaired) electrons. The zero-order valence-electron chi connectivity index (χ0n) is 17.9. The number of morpholine rings is 1. The van der Waals surface area contributed by atoms with E-state index in [0.29, 0.717) is 11.6 Å². The molecule has 1 aliphatic rings. The number of aryl methyl sites for hydroxylation is 1. The van der Waals surface area contributed by atoms with E-state index in [1.165, 1.54) is 7.11 Å². The monoisotopic (exact) mass is 435 g/mol. The van der Waals surface area contributed by atoms with E-state index < -0.39 is 0 Å². The molecule has 2 N–H and O–H groups in total. The van der Waals surface area contributed by atoms with Crippen molar-refractivity contribution in [2.24, 2.45) is 0 Å². The molecule has 11 nitrogen and oxygen atoms in total. The first-order valence-electron chi connectivity index (χ1n) is 10.6. The van der Waals surface area contributed by atoms with Gasteiger partial charge in [-0.1, -0.05) is 5.21 Å². The number of imidazole rings is 1. The fraction of sp³-hybridized carbons (Fsp3) is 0.381. The third kappa shape index (κ3) is 4.12. The third-order valence-corrected chi connectivity index (χ3v) is 5.50. The Kier molecular flexibility index (Phi) is 5.65. The second-order valence-corrected chi connectivity index (χ2v) is 7.63. The minimum Gasteiger partial charge on any atom is -0.480 e. The Balaban J connectivity index is 1.34. The molecule has 166 valence electrons. The van der Waals surface area contributed by atoms with Crippen LogP contribution in [-0.4, -0.2) is 79.4 Å². The first-order valence-corrected chi connectivity index (χ1v) is 10.6. The van der Waals surface area contributed by atoms with Gasteiger partial charge in [-0.3, -0.25) is 9.58 Å². The van der Waals surface area contributed by atoms with Crippen LogP contribution in [0.3, 0.4) is 0 Å². The van der Waals surface area contributed by atoms with Crippen molar-refractivity contribution < 1.29 is 9.47 Å². The number of hydrogen-bond acceptors (Lipinski definition) is 9. The summed E-state index contributed by atoms with van der Waals surface area (Å²) < 4.78 is 14.2. The van der Waals surface area contributed by atoms with Gasteiger partial charge in [-0.25, -0.2) is 14.5 Å². The van der Waals surface area contributed by atoms with Crippen LogP contribution in [0.25, 0.3) is 28.3 Å². The molecule has 32 heavy (non-hydrogen) atoms. The number of ether oxygens (including phenoxy) is 2. The summed E-state index contributed by atoms with van der Waals surface area (Å²) in [7, 11) is 1.54. The van der Waals surface area contributed by atoms with Gasteiger partial charge in [0.2, 0.25) is 5.88 Å². The lowest BCUT2D eigenvalue weighted by Crippen LogP contribution is -2.37. The van der Waals surface area contributed by atoms with Crippen LogP contribution in [-0.2, 0) is 11.3 Å². The summed E-state index contributed by atoms with van der Waals surface area (Å²) in [4.78, 5) is 11.1. The highest BCUT2D eigenvalue weighted by Gasteiger charge is 2.14. The van der Waals surface area contributed by atoms with Gasteiger partial charge >= 0.3 is 0 Å². The van der Waals surface area contributed by atoms with E-state index in [9.17, 15) is 0 Å². The first-order chi connectivity index (χ1) is 15.7. The van der Waals surface area contributed by atoms with Gasteiger partial charge in [0, 0.05) is 37.9 Å². The van der Waals surface area contributed by atoms with Crippen LogP contribution in [0.15, 0.2) is 36.8 Å². The van der Waals surface area contributed by atoms with Gasteiger partial charge in [0.05, 0.1) is 44.1 Å². The predicted octanol–water partition coefficient (Wildman–Crippen LogP) is 1.36. The molecule has 0 amide bonds. The lowest BCUT2D eigenvalue weighted by atomic mass is 10.2. The van der Waals surface area contributed by atoms with E-state index >= 15 is 0 Å². The number of nitrogens with two attached hydrogens (primary N) is 1. The maximum absolute atomic E-state index is 6.01. The number of pyridine rings is 1. The smallest absolute Gasteiger partial charge is 0.236 e. The topological polar surface area (TPSA) is 122 Å². The lowest BCUT2D eigenvalue weighted by molar-refractivity contribution is 0.0368. The highest BCUT2D eigenvalue weighted by molar-refractivity contribution is 5.67. The minimum absolute atomic E-state index is 0.392. The van der Waals surface area contributed by atoms with Crippen molar-refractivity contribution in [3.8, 4) is 28.5 Å². The highest BCUT2D eigenvalue weighted by Crippen LogP contribution is 2.26. The molecule has 0 aliphatic carbocycles. The summed E-state index contributed by atoms with van der Waals surface area (Å²) in [5, 5.41) is 13.4. The Bertz CT molecular complexity index is 1210. The van der Waals surface area contributed by atoms with Gasteiger partial charge in [0.15, 0.2) is 5.65 Å². The quantitative estimate of drug-likeness (QED) is 0.458. The van der Waals surface area contributed by atoms with Gasteiger partial charge < -0.3 is 15.2 Å². The molecule has 4 aromatic heterocycles. The molecule has 0 unspecified atom stereocenters. The molecule has 0 bridgehead atoms. The summed E-state index contributed by atoms with van der Waals surface area (Å²) in [5.41, 5.74) is 10.2. The Labute approximate surface area is 184 Å². The van der Waals surface area contributed by atoms with Gasteiger partial charge in [-0.15, -0.1) is 5.10 Å². The summed E-state index contributed by atoms with van der Waals surface area (Å²) in [6.07, 6.45) is 6.38. The van der Waals surface area contributed by atoms with Crippen LogP contribution in [0.1, 0.15) is 6.42 Å². The Morgan fingerprint density at radius 2 is 1.97 bits per heavy atom. The maximum atomic E-state index is 6.01. The Hall–Kier alpha value is -3.57. The fourth-order valence-corrected chi connectivity index (χ4v) is 3.79. The summed E-state index contributed by atoms with van der Waals surface area (Å²) in [5.74, 6) is 0.392. The molecule has 11 heteroatoms. The number of nitrogen functional groups attached to an aromatic ring is 1. The van der Waals surface area contributed by atoms with Crippen LogP contribution in [0.2, 0.25) is 0 Å². The highest BCUT2D eigenvalue weighted by atomic mass is 16.5. The van der Waals surface area contributed by atoms with Crippen molar-refractivity contribution in [1.82, 2.24) is 39.5 Å². The molecular weight excluding hydrogens is 410 g/mol. The van der Waals surface area contributed by atoms with Gasteiger partial charge in [-0.2, -0.15) is 5.10 Å². The van der Waals surface area contributed by atoms with E-state index in [0.717, 1.165) is 74.1 Å². The van der Waals surface area contributed by atoms with Crippen molar-refractivity contribution in [2.45, 2.75) is 13.0 Å². The first kappa shape index (κ1) is 20.3. The van der Waals surface area contributed by atoms with Crippen LogP contribution in [0, 0.1) is 0 Å². The van der Waals surface area contributed by atoms with Crippen LogP contribution in [0.5, 0.6) is 5.88 Å². The van der Waals surface area contributed by atoms with Crippen molar-refractivity contribution in [2.75, 3.05) is 45.7 Å². The zero-order chi connectivity index (χ0) is 21.9. The van der Waals surface area contributed by atoms with Crippen molar-refractivity contribution in [3.05, 3.63) is 36.8 Å². The number of aromatic nitrogens is 7. The standard InChI is InChI=1S/C21H25N9O2/c1-31-21-16(22)11-15(12-24-21)17-3-4-20-23-13-19(30(20)26-17)18-14-29(27-25-18)6-2-5-28-7-9-32-10-8-28/h3-4,11-14H,2,5-10,22H2,1H3. The minimum atomic E-state index is 0.392. The van der Waals surface area contributed by atoms with Gasteiger partial charge in [0.25, 0.3) is 0 Å². The number of methoxy groups -OCH3 is 1. The maximum Gasteiger partial charge on any atom is 0.236 e. The molecule has 0 atom stereocenters. The second kappa shape index (κ2) is 8.89. The number of rotatable bonds is 7. The number of nitrogens with zero attached hydrogens (tertiary/aromatic N) is 8. The summed E-state index contributed by atoms with van der Waals surface area (Å²) in [6, 6.07) is 5.58. The molecule has 5 heterocycles. The van der Waals surface area contributed by atoms with E-state index in [-0.39, 0.29) is 0 Å². The predicted molar refractivity (Wildman–Crippen MR) is 118 cm³/mol. The average Bonchev–Trinajstić information content (AvgIpc) is 3.46. The largest absolute Gasteiger partial charge is 0.480 e. The number of anilines is 1. The summed E-state index contributed by atoms with van der Waals surface area (Å²) >= 11 is 0. The van der Waals surface area contributed by atoms with Gasteiger partial charge in [0.1, 0.15) is 11.4 Å². The number of fused-ring (bicyclic) bond motifs is 1. The summed E-state index contributed by atoms with van der Waals surface area (Å²) in [6.45, 7) is 5.45. The van der Waals surface area contributed by atoms with Crippen molar-refractivity contribution in [1.29, 1.82) is 0 Å². The Morgan fingerprint density at radius 1 is 1.09 bits per heavy atom. The molecule has 0 spiro atoms. The van der Waals surface area contributed by atoms with Crippen LogP contribution >= 0.6 is 0 Å². The molecular formula is C21H25N9O2. The van der Waals surface area contributed by atoms with Crippen molar-refractivity contribution in [3.63, 3.8) is 0 Å². The second-order valence-electron chi connectivity index (χ2n) is 7.63. The van der Waals surface area contributed by atoms with Crippen LogP contribution < -0.4 is 10.5 Å². The lowest BCUT2D eigenvalue weighted by Gasteiger charge is -2.26. The number of hydrogen-bond donors (Lipinski definition) is 1. The van der Waals surface area contributed by atoms with Gasteiger partial charge in [-0.05, 0) is 24.6 Å². The molecule has 1 saturated heterocycles. The molecule has 1 fully saturated rings. The molecule has 0 saturated carbocycles. The molecule has 0 aromatic carbocycles. The molecule has 5 rings (SSSR count).